The Kier molecular flexibility index (Phi) is 4.16. The van der Waals surface area contributed by atoms with Crippen molar-refractivity contribution < 1.29 is 0 Å². The molecule has 0 amide bonds. The van der Waals surface area contributed by atoms with Gasteiger partial charge in [0.05, 0.1) is 0 Å². The van der Waals surface area contributed by atoms with Crippen LogP contribution in [0, 0.1) is 6.92 Å². The van der Waals surface area contributed by atoms with Crippen molar-refractivity contribution in [2.75, 3.05) is 0 Å². The molecule has 0 aliphatic carbocycles. The zero-order chi connectivity index (χ0) is 13.0. The predicted molar refractivity (Wildman–Crippen MR) is 78.6 cm³/mol. The van der Waals surface area contributed by atoms with Crippen LogP contribution in [0.15, 0.2) is 48.5 Å². The molecule has 0 radical (unpaired) electrons. The second-order valence-electron chi connectivity index (χ2n) is 4.94. The number of aryl methyl sites for hydroxylation is 1. The highest BCUT2D eigenvalue weighted by Gasteiger charge is 2.03. The third-order valence-electron chi connectivity index (χ3n) is 3.33. The minimum absolute atomic E-state index is 0.262. The predicted octanol–water partition coefficient (Wildman–Crippen LogP) is 3.94. The topological polar surface area (TPSA) is 26.0 Å². The molecule has 0 bridgehead atoms. The van der Waals surface area contributed by atoms with E-state index in [-0.39, 0.29) is 6.04 Å². The Morgan fingerprint density at radius 1 is 1.00 bits per heavy atom. The van der Waals surface area contributed by atoms with Crippen molar-refractivity contribution in [3.63, 3.8) is 0 Å². The average Bonchev–Trinajstić information content (AvgIpc) is 2.40. The Morgan fingerprint density at radius 3 is 2.39 bits per heavy atom. The number of nitrogens with two attached hydrogens (primary N) is 1. The largest absolute Gasteiger partial charge is 0.327 e. The maximum atomic E-state index is 6.01. The number of hydrogen-bond donors (Lipinski definition) is 1. The summed E-state index contributed by atoms with van der Waals surface area (Å²) in [5, 5.41) is 0. The van der Waals surface area contributed by atoms with Crippen molar-refractivity contribution in [1.29, 1.82) is 0 Å². The fourth-order valence-electron chi connectivity index (χ4n) is 2.07. The van der Waals surface area contributed by atoms with Crippen molar-refractivity contribution in [2.45, 2.75) is 32.7 Å². The van der Waals surface area contributed by atoms with Gasteiger partial charge in [0.15, 0.2) is 0 Å². The molecule has 0 spiro atoms. The summed E-state index contributed by atoms with van der Waals surface area (Å²) in [6, 6.07) is 17.6. The van der Waals surface area contributed by atoms with Crippen LogP contribution < -0.4 is 5.73 Å². The zero-order valence-corrected chi connectivity index (χ0v) is 11.2. The summed E-state index contributed by atoms with van der Waals surface area (Å²) in [5.41, 5.74) is 11.2. The smallest absolute Gasteiger partial charge is 0.00767 e. The first-order valence-electron chi connectivity index (χ1n) is 6.60. The molecule has 2 aromatic carbocycles. The summed E-state index contributed by atoms with van der Waals surface area (Å²) in [7, 11) is 0. The van der Waals surface area contributed by atoms with E-state index in [0.717, 1.165) is 12.8 Å². The van der Waals surface area contributed by atoms with Gasteiger partial charge in [0.1, 0.15) is 0 Å². The van der Waals surface area contributed by atoms with E-state index >= 15 is 0 Å². The summed E-state index contributed by atoms with van der Waals surface area (Å²) < 4.78 is 0. The number of hydrogen-bond acceptors (Lipinski definition) is 1. The van der Waals surface area contributed by atoms with Crippen molar-refractivity contribution in [1.82, 2.24) is 0 Å². The molecule has 2 N–H and O–H groups in total. The van der Waals surface area contributed by atoms with Crippen LogP contribution in [0.3, 0.4) is 0 Å². The van der Waals surface area contributed by atoms with E-state index in [1.165, 1.54) is 22.3 Å². The maximum absolute atomic E-state index is 6.01. The summed E-state index contributed by atoms with van der Waals surface area (Å²) in [6.45, 7) is 4.25. The molecule has 0 saturated heterocycles. The third kappa shape index (κ3) is 3.21. The van der Waals surface area contributed by atoms with Gasteiger partial charge in [0, 0.05) is 6.04 Å². The average molecular weight is 239 g/mol. The Balaban J connectivity index is 2.24. The molecule has 18 heavy (non-hydrogen) atoms. The standard InChI is InChI=1S/C17H21N/c1-3-17(18)12-14-5-4-6-16(11-14)15-9-7-13(2)8-10-15/h4-11,17H,3,12,18H2,1-2H3. The van der Waals surface area contributed by atoms with Crippen molar-refractivity contribution >= 4 is 0 Å². The van der Waals surface area contributed by atoms with Gasteiger partial charge in [-0.25, -0.2) is 0 Å². The monoisotopic (exact) mass is 239 g/mol. The fraction of sp³-hybridized carbons (Fsp3) is 0.294. The van der Waals surface area contributed by atoms with Crippen LogP contribution in [-0.2, 0) is 6.42 Å². The van der Waals surface area contributed by atoms with Gasteiger partial charge in [-0.1, -0.05) is 61.0 Å². The van der Waals surface area contributed by atoms with Gasteiger partial charge >= 0.3 is 0 Å². The van der Waals surface area contributed by atoms with Crippen molar-refractivity contribution in [3.8, 4) is 11.1 Å². The lowest BCUT2D eigenvalue weighted by Crippen LogP contribution is -2.21. The van der Waals surface area contributed by atoms with Crippen molar-refractivity contribution in [2.24, 2.45) is 5.73 Å². The number of rotatable bonds is 4. The lowest BCUT2D eigenvalue weighted by Gasteiger charge is -2.10. The first-order chi connectivity index (χ1) is 8.69. The van der Waals surface area contributed by atoms with Gasteiger partial charge in [0.2, 0.25) is 0 Å². The summed E-state index contributed by atoms with van der Waals surface area (Å²) in [6.07, 6.45) is 1.98. The summed E-state index contributed by atoms with van der Waals surface area (Å²) >= 11 is 0. The molecule has 1 unspecified atom stereocenters. The molecular weight excluding hydrogens is 218 g/mol. The van der Waals surface area contributed by atoms with Crippen LogP contribution in [0.5, 0.6) is 0 Å². The van der Waals surface area contributed by atoms with Crippen LogP contribution >= 0.6 is 0 Å². The Hall–Kier alpha value is -1.60. The lowest BCUT2D eigenvalue weighted by molar-refractivity contribution is 0.646. The van der Waals surface area contributed by atoms with Gasteiger partial charge < -0.3 is 5.73 Å². The lowest BCUT2D eigenvalue weighted by atomic mass is 9.98. The second-order valence-corrected chi connectivity index (χ2v) is 4.94. The third-order valence-corrected chi connectivity index (χ3v) is 3.33. The van der Waals surface area contributed by atoms with Crippen LogP contribution in [0.1, 0.15) is 24.5 Å². The molecule has 1 heteroatoms. The van der Waals surface area contributed by atoms with E-state index in [0.29, 0.717) is 0 Å². The molecule has 94 valence electrons. The quantitative estimate of drug-likeness (QED) is 0.859. The van der Waals surface area contributed by atoms with Crippen molar-refractivity contribution in [3.05, 3.63) is 59.7 Å². The van der Waals surface area contributed by atoms with E-state index in [2.05, 4.69) is 62.4 Å². The Labute approximate surface area is 110 Å². The van der Waals surface area contributed by atoms with Crippen LogP contribution in [0.4, 0.5) is 0 Å². The molecule has 0 heterocycles. The van der Waals surface area contributed by atoms with E-state index < -0.39 is 0 Å². The first-order valence-corrected chi connectivity index (χ1v) is 6.60. The normalized spacial score (nSPS) is 12.4. The molecule has 0 aliphatic heterocycles. The van der Waals surface area contributed by atoms with Crippen LogP contribution in [0.25, 0.3) is 11.1 Å². The number of benzene rings is 2. The first kappa shape index (κ1) is 12.8. The molecule has 0 aliphatic rings. The molecular formula is C17H21N. The minimum Gasteiger partial charge on any atom is -0.327 e. The van der Waals surface area contributed by atoms with Gasteiger partial charge in [-0.2, -0.15) is 0 Å². The molecule has 0 aromatic heterocycles. The highest BCUT2D eigenvalue weighted by molar-refractivity contribution is 5.64. The second kappa shape index (κ2) is 5.83. The fourth-order valence-corrected chi connectivity index (χ4v) is 2.07. The van der Waals surface area contributed by atoms with Gasteiger partial charge in [-0.3, -0.25) is 0 Å². The molecule has 2 rings (SSSR count). The summed E-state index contributed by atoms with van der Waals surface area (Å²) in [5.74, 6) is 0. The molecule has 0 fully saturated rings. The zero-order valence-electron chi connectivity index (χ0n) is 11.2. The highest BCUT2D eigenvalue weighted by atomic mass is 14.6. The van der Waals surface area contributed by atoms with Crippen LogP contribution in [-0.4, -0.2) is 6.04 Å². The molecule has 1 nitrogen and oxygen atoms in total. The van der Waals surface area contributed by atoms with E-state index in [1.807, 2.05) is 0 Å². The minimum atomic E-state index is 0.262. The van der Waals surface area contributed by atoms with E-state index in [1.54, 1.807) is 0 Å². The SMILES string of the molecule is CCC(N)Cc1cccc(-c2ccc(C)cc2)c1. The van der Waals surface area contributed by atoms with E-state index in [9.17, 15) is 0 Å². The van der Waals surface area contributed by atoms with Gasteiger partial charge in [-0.05, 0) is 36.5 Å². The molecule has 0 saturated carbocycles. The Morgan fingerprint density at radius 2 is 1.72 bits per heavy atom. The highest BCUT2D eigenvalue weighted by Crippen LogP contribution is 2.21. The van der Waals surface area contributed by atoms with Gasteiger partial charge in [-0.15, -0.1) is 0 Å². The molecule has 1 atom stereocenters. The Bertz CT molecular complexity index is 499. The van der Waals surface area contributed by atoms with Crippen LogP contribution in [0.2, 0.25) is 0 Å². The summed E-state index contributed by atoms with van der Waals surface area (Å²) in [4.78, 5) is 0. The maximum Gasteiger partial charge on any atom is 0.00767 e. The van der Waals surface area contributed by atoms with E-state index in [4.69, 9.17) is 5.73 Å². The molecule has 2 aromatic rings. The van der Waals surface area contributed by atoms with Gasteiger partial charge in [0.25, 0.3) is 0 Å².